The number of aromatic nitrogens is 1. The van der Waals surface area contributed by atoms with E-state index < -0.39 is 0 Å². The van der Waals surface area contributed by atoms with Crippen LogP contribution in [0.5, 0.6) is 0 Å². The van der Waals surface area contributed by atoms with Gasteiger partial charge in [-0.15, -0.1) is 0 Å². The maximum Gasteiger partial charge on any atom is 0.249 e. The van der Waals surface area contributed by atoms with E-state index in [-0.39, 0.29) is 5.91 Å². The summed E-state index contributed by atoms with van der Waals surface area (Å²) in [5.41, 5.74) is 8.52. The number of carbonyl (C=O) groups is 1. The number of pyridine rings is 1. The first-order valence-corrected chi connectivity index (χ1v) is 4.15. The molecule has 1 aliphatic rings. The van der Waals surface area contributed by atoms with Gasteiger partial charge < -0.3 is 5.73 Å². The van der Waals surface area contributed by atoms with E-state index in [0.717, 1.165) is 23.4 Å². The van der Waals surface area contributed by atoms with E-state index >= 15 is 0 Å². The first kappa shape index (κ1) is 7.98. The highest BCUT2D eigenvalue weighted by molar-refractivity contribution is 5.97. The van der Waals surface area contributed by atoms with Crippen LogP contribution < -0.4 is 5.73 Å². The van der Waals surface area contributed by atoms with Crippen LogP contribution in [-0.2, 0) is 6.42 Å². The first-order valence-electron chi connectivity index (χ1n) is 4.15. The van der Waals surface area contributed by atoms with Crippen LogP contribution in [-0.4, -0.2) is 10.9 Å². The molecule has 0 unspecified atom stereocenters. The van der Waals surface area contributed by atoms with Gasteiger partial charge in [0, 0.05) is 23.2 Å². The predicted octanol–water partition coefficient (Wildman–Crippen LogP) is 1.06. The van der Waals surface area contributed by atoms with Crippen LogP contribution >= 0.6 is 0 Å². The number of carbonyl (C=O) groups excluding carboxylic acids is 1. The van der Waals surface area contributed by atoms with Gasteiger partial charge in [0.1, 0.15) is 0 Å². The zero-order valence-electron chi connectivity index (χ0n) is 7.37. The van der Waals surface area contributed by atoms with Crippen molar-refractivity contribution >= 4 is 12.0 Å². The minimum Gasteiger partial charge on any atom is -0.366 e. The third-order valence-electron chi connectivity index (χ3n) is 2.13. The maximum absolute atomic E-state index is 11.1. The molecule has 1 aromatic heterocycles. The summed E-state index contributed by atoms with van der Waals surface area (Å²) in [6.45, 7) is 1.87. The molecular weight excluding hydrogens is 164 g/mol. The second-order valence-corrected chi connectivity index (χ2v) is 3.14. The van der Waals surface area contributed by atoms with Crippen molar-refractivity contribution in [2.75, 3.05) is 0 Å². The van der Waals surface area contributed by atoms with E-state index in [2.05, 4.69) is 4.98 Å². The number of nitrogens with two attached hydrogens (primary N) is 1. The molecule has 3 nitrogen and oxygen atoms in total. The largest absolute Gasteiger partial charge is 0.366 e. The molecule has 13 heavy (non-hydrogen) atoms. The van der Waals surface area contributed by atoms with Gasteiger partial charge in [0.25, 0.3) is 0 Å². The van der Waals surface area contributed by atoms with E-state index in [1.54, 1.807) is 6.07 Å². The fourth-order valence-electron chi connectivity index (χ4n) is 1.58. The van der Waals surface area contributed by atoms with Crippen LogP contribution in [0.25, 0.3) is 6.08 Å². The molecule has 1 heterocycles. The Morgan fingerprint density at radius 1 is 1.62 bits per heavy atom. The van der Waals surface area contributed by atoms with Crippen molar-refractivity contribution < 1.29 is 4.79 Å². The Hall–Kier alpha value is -1.64. The van der Waals surface area contributed by atoms with E-state index in [0.29, 0.717) is 5.56 Å². The molecule has 2 N–H and O–H groups in total. The van der Waals surface area contributed by atoms with Crippen molar-refractivity contribution in [3.8, 4) is 0 Å². The Bertz CT molecular complexity index is 408. The number of allylic oxidation sites excluding steroid dienone is 1. The van der Waals surface area contributed by atoms with Crippen molar-refractivity contribution in [1.82, 2.24) is 4.98 Å². The number of aryl methyl sites for hydroxylation is 1. The lowest BCUT2D eigenvalue weighted by Gasteiger charge is -2.04. The van der Waals surface area contributed by atoms with Gasteiger partial charge in [-0.2, -0.15) is 0 Å². The average Bonchev–Trinajstić information content (AvgIpc) is 2.49. The molecule has 1 aromatic rings. The number of primary amides is 1. The fourth-order valence-corrected chi connectivity index (χ4v) is 1.58. The van der Waals surface area contributed by atoms with E-state index in [1.807, 2.05) is 19.1 Å². The highest BCUT2D eigenvalue weighted by atomic mass is 16.1. The third-order valence-corrected chi connectivity index (χ3v) is 2.13. The number of nitrogens with zero attached hydrogens (tertiary/aromatic N) is 1. The Morgan fingerprint density at radius 2 is 2.38 bits per heavy atom. The summed E-state index contributed by atoms with van der Waals surface area (Å²) in [6, 6.07) is 1.73. The number of hydrogen-bond donors (Lipinski definition) is 1. The zero-order chi connectivity index (χ0) is 9.42. The summed E-state index contributed by atoms with van der Waals surface area (Å²) < 4.78 is 0. The van der Waals surface area contributed by atoms with Gasteiger partial charge in [0.2, 0.25) is 5.91 Å². The van der Waals surface area contributed by atoms with Crippen molar-refractivity contribution in [2.45, 2.75) is 13.3 Å². The lowest BCUT2D eigenvalue weighted by molar-refractivity contribution is 0.1000. The second-order valence-electron chi connectivity index (χ2n) is 3.14. The van der Waals surface area contributed by atoms with Crippen molar-refractivity contribution in [3.05, 3.63) is 34.7 Å². The van der Waals surface area contributed by atoms with E-state index in [4.69, 9.17) is 5.73 Å². The summed E-state index contributed by atoms with van der Waals surface area (Å²) in [6.07, 6.45) is 4.70. The lowest BCUT2D eigenvalue weighted by Crippen LogP contribution is -2.14. The SMILES string of the molecule is Cc1cc(C(N)=O)c2c(n1)CC=C2. The zero-order valence-corrected chi connectivity index (χ0v) is 7.37. The molecule has 0 saturated heterocycles. The molecule has 0 radical (unpaired) electrons. The number of hydrogen-bond acceptors (Lipinski definition) is 2. The minimum atomic E-state index is -0.381. The molecule has 0 bridgehead atoms. The molecular formula is C10H10N2O. The highest BCUT2D eigenvalue weighted by Crippen LogP contribution is 2.21. The van der Waals surface area contributed by atoms with Crippen LogP contribution in [0.1, 0.15) is 27.3 Å². The van der Waals surface area contributed by atoms with Gasteiger partial charge in [0.15, 0.2) is 0 Å². The summed E-state index contributed by atoms with van der Waals surface area (Å²) in [5, 5.41) is 0. The Kier molecular flexibility index (Phi) is 1.65. The van der Waals surface area contributed by atoms with Crippen molar-refractivity contribution in [2.24, 2.45) is 5.73 Å². The van der Waals surface area contributed by atoms with E-state index in [9.17, 15) is 4.79 Å². The van der Waals surface area contributed by atoms with Gasteiger partial charge in [-0.25, -0.2) is 0 Å². The third kappa shape index (κ3) is 1.22. The molecule has 0 aromatic carbocycles. The average molecular weight is 174 g/mol. The second kappa shape index (κ2) is 2.69. The van der Waals surface area contributed by atoms with Gasteiger partial charge in [-0.1, -0.05) is 12.2 Å². The van der Waals surface area contributed by atoms with Gasteiger partial charge in [-0.05, 0) is 13.0 Å². The summed E-state index contributed by atoms with van der Waals surface area (Å²) in [5.74, 6) is -0.381. The van der Waals surface area contributed by atoms with Crippen LogP contribution in [0.4, 0.5) is 0 Å². The predicted molar refractivity (Wildman–Crippen MR) is 50.2 cm³/mol. The van der Waals surface area contributed by atoms with Crippen LogP contribution in [0.3, 0.4) is 0 Å². The van der Waals surface area contributed by atoms with Gasteiger partial charge in [0.05, 0.1) is 5.69 Å². The Balaban J connectivity index is 2.67. The topological polar surface area (TPSA) is 56.0 Å². The Labute approximate surface area is 76.3 Å². The molecule has 1 amide bonds. The molecule has 0 fully saturated rings. The molecule has 0 aliphatic heterocycles. The monoisotopic (exact) mass is 174 g/mol. The fraction of sp³-hybridized carbons (Fsp3) is 0.200. The normalized spacial score (nSPS) is 13.0. The molecule has 66 valence electrons. The van der Waals surface area contributed by atoms with Crippen molar-refractivity contribution in [3.63, 3.8) is 0 Å². The molecule has 0 atom stereocenters. The summed E-state index contributed by atoms with van der Waals surface area (Å²) in [4.78, 5) is 15.4. The molecule has 1 aliphatic carbocycles. The maximum atomic E-state index is 11.1. The molecule has 3 heteroatoms. The minimum absolute atomic E-state index is 0.381. The van der Waals surface area contributed by atoms with Crippen molar-refractivity contribution in [1.29, 1.82) is 0 Å². The van der Waals surface area contributed by atoms with Crippen LogP contribution in [0, 0.1) is 6.92 Å². The molecule has 0 saturated carbocycles. The lowest BCUT2D eigenvalue weighted by atomic mass is 10.1. The number of fused-ring (bicyclic) bond motifs is 1. The molecule has 0 spiro atoms. The number of amides is 1. The molecule has 2 rings (SSSR count). The number of rotatable bonds is 1. The first-order chi connectivity index (χ1) is 6.18. The summed E-state index contributed by atoms with van der Waals surface area (Å²) in [7, 11) is 0. The Morgan fingerprint density at radius 3 is 3.08 bits per heavy atom. The van der Waals surface area contributed by atoms with Gasteiger partial charge >= 0.3 is 0 Å². The highest BCUT2D eigenvalue weighted by Gasteiger charge is 2.15. The standard InChI is InChI=1S/C10H10N2O/c1-6-5-8(10(11)13)7-3-2-4-9(7)12-6/h2-3,5H,4H2,1H3,(H2,11,13). The van der Waals surface area contributed by atoms with E-state index in [1.165, 1.54) is 0 Å². The smallest absolute Gasteiger partial charge is 0.249 e. The quantitative estimate of drug-likeness (QED) is 0.692. The van der Waals surface area contributed by atoms with Crippen LogP contribution in [0.15, 0.2) is 12.1 Å². The van der Waals surface area contributed by atoms with Crippen LogP contribution in [0.2, 0.25) is 0 Å². The summed E-state index contributed by atoms with van der Waals surface area (Å²) >= 11 is 0. The van der Waals surface area contributed by atoms with Gasteiger partial charge in [-0.3, -0.25) is 9.78 Å².